The predicted octanol–water partition coefficient (Wildman–Crippen LogP) is 1.37. The molecule has 2 aliphatic carbocycles. The molecule has 0 radical (unpaired) electrons. The maximum atomic E-state index is 13.6. The monoisotopic (exact) mass is 497 g/mol. The zero-order chi connectivity index (χ0) is 25.9. The summed E-state index contributed by atoms with van der Waals surface area (Å²) in [5.74, 6) is -1.91. The third kappa shape index (κ3) is 4.56. The van der Waals surface area contributed by atoms with Gasteiger partial charge in [0, 0.05) is 26.0 Å². The Labute approximate surface area is 202 Å². The molecular weight excluding hydrogens is 458 g/mol. The van der Waals surface area contributed by atoms with E-state index in [0.29, 0.717) is 19.3 Å². The Hall–Kier alpha value is -1.78. The highest BCUT2D eigenvalue weighted by Crippen LogP contribution is 2.57. The molecule has 9 nitrogen and oxygen atoms in total. The second kappa shape index (κ2) is 8.71. The highest BCUT2D eigenvalue weighted by molar-refractivity contribution is 7.91. The molecule has 0 aromatic carbocycles. The van der Waals surface area contributed by atoms with Gasteiger partial charge in [-0.05, 0) is 37.5 Å². The van der Waals surface area contributed by atoms with Gasteiger partial charge in [0.2, 0.25) is 21.8 Å². The van der Waals surface area contributed by atoms with Crippen LogP contribution in [-0.2, 0) is 29.1 Å². The minimum atomic E-state index is -3.84. The summed E-state index contributed by atoms with van der Waals surface area (Å²) >= 11 is 0. The zero-order valence-corrected chi connectivity index (χ0v) is 21.9. The summed E-state index contributed by atoms with van der Waals surface area (Å²) in [7, 11) is -2.30. The van der Waals surface area contributed by atoms with E-state index in [1.165, 1.54) is 12.0 Å². The maximum Gasteiger partial charge on any atom is 0.240 e. The molecule has 0 aromatic rings. The van der Waals surface area contributed by atoms with Crippen LogP contribution in [0.4, 0.5) is 0 Å². The molecule has 3 rings (SSSR count). The van der Waals surface area contributed by atoms with E-state index in [0.717, 1.165) is 0 Å². The van der Waals surface area contributed by atoms with Gasteiger partial charge in [0.25, 0.3) is 0 Å². The molecule has 1 saturated heterocycles. The molecule has 1 unspecified atom stereocenters. The first-order valence-electron chi connectivity index (χ1n) is 11.9. The van der Waals surface area contributed by atoms with Crippen molar-refractivity contribution in [2.75, 3.05) is 13.7 Å². The quantitative estimate of drug-likeness (QED) is 0.459. The van der Waals surface area contributed by atoms with Gasteiger partial charge >= 0.3 is 0 Å². The molecule has 3 fully saturated rings. The number of rotatable bonds is 9. The number of hydrogen-bond acceptors (Lipinski definition) is 7. The lowest BCUT2D eigenvalue weighted by Crippen LogP contribution is -2.54. The van der Waals surface area contributed by atoms with E-state index in [4.69, 9.17) is 10.5 Å². The van der Waals surface area contributed by atoms with Crippen LogP contribution in [0.5, 0.6) is 0 Å². The molecule has 0 bridgehead atoms. The van der Waals surface area contributed by atoms with Crippen LogP contribution in [0.1, 0.15) is 60.3 Å². The van der Waals surface area contributed by atoms with Crippen LogP contribution in [0.3, 0.4) is 0 Å². The normalized spacial score (nSPS) is 33.2. The number of carbonyl (C=O) groups is 3. The van der Waals surface area contributed by atoms with E-state index in [1.54, 1.807) is 13.0 Å². The van der Waals surface area contributed by atoms with Crippen LogP contribution in [0.2, 0.25) is 0 Å². The fraction of sp³-hybridized carbons (Fsp3) is 0.792. The fourth-order valence-electron chi connectivity index (χ4n) is 4.89. The van der Waals surface area contributed by atoms with Crippen molar-refractivity contribution in [1.29, 1.82) is 0 Å². The van der Waals surface area contributed by atoms with Crippen LogP contribution in [0.25, 0.3) is 0 Å². The van der Waals surface area contributed by atoms with Crippen LogP contribution in [0, 0.1) is 22.7 Å². The standard InChI is InChI=1S/C24H39N3O6S/c1-8-15-11-24(15,21(30)26-34(31,32)23(6)9-10-23)12-16(28)18-14(2)17(33-7)13-27(18)20(29)19(25)22(3,4)5/h8,14-15,17-19H,1,9-13,25H2,2-7H3,(H,26,30)/t14?,15-,17+,18+,19-,24-/m1/s1. The molecule has 0 aromatic heterocycles. The predicted molar refractivity (Wildman–Crippen MR) is 128 cm³/mol. The van der Waals surface area contributed by atoms with Crippen molar-refractivity contribution < 1.29 is 27.5 Å². The Morgan fingerprint density at radius 2 is 1.88 bits per heavy atom. The molecule has 2 amide bonds. The summed E-state index contributed by atoms with van der Waals surface area (Å²) in [5, 5.41) is 0. The molecule has 2 saturated carbocycles. The van der Waals surface area contributed by atoms with Gasteiger partial charge in [0.15, 0.2) is 5.78 Å². The van der Waals surface area contributed by atoms with E-state index < -0.39 is 43.6 Å². The number of hydrogen-bond donors (Lipinski definition) is 2. The second-order valence-corrected chi connectivity index (χ2v) is 13.8. The third-order valence-electron chi connectivity index (χ3n) is 8.10. The Kier molecular flexibility index (Phi) is 6.87. The summed E-state index contributed by atoms with van der Waals surface area (Å²) in [5.41, 5.74) is 4.55. The Balaban J connectivity index is 1.84. The number of allylic oxidation sites excluding steroid dienone is 1. The zero-order valence-electron chi connectivity index (χ0n) is 21.1. The molecule has 1 heterocycles. The summed E-state index contributed by atoms with van der Waals surface area (Å²) in [6.45, 7) is 13.0. The van der Waals surface area contributed by atoms with Gasteiger partial charge in [-0.2, -0.15) is 0 Å². The van der Waals surface area contributed by atoms with E-state index in [2.05, 4.69) is 11.3 Å². The first-order chi connectivity index (χ1) is 15.5. The summed E-state index contributed by atoms with van der Waals surface area (Å²) in [4.78, 5) is 41.6. The lowest BCUT2D eigenvalue weighted by molar-refractivity contribution is -0.142. The number of likely N-dealkylation sites (tertiary alicyclic amines) is 1. The summed E-state index contributed by atoms with van der Waals surface area (Å²) in [6, 6.07) is -1.62. The van der Waals surface area contributed by atoms with Crippen LogP contribution in [0.15, 0.2) is 12.7 Å². The van der Waals surface area contributed by atoms with E-state index in [-0.39, 0.29) is 42.6 Å². The number of nitrogens with one attached hydrogen (secondary N) is 1. The lowest BCUT2D eigenvalue weighted by Gasteiger charge is -2.33. The fourth-order valence-corrected chi connectivity index (χ4v) is 6.22. The van der Waals surface area contributed by atoms with Gasteiger partial charge in [-0.3, -0.25) is 19.1 Å². The molecule has 192 valence electrons. The van der Waals surface area contributed by atoms with Crippen molar-refractivity contribution in [3.05, 3.63) is 12.7 Å². The molecule has 10 heteroatoms. The minimum Gasteiger partial charge on any atom is -0.379 e. The molecule has 3 aliphatic rings. The number of sulfonamides is 1. The number of nitrogens with two attached hydrogens (primary N) is 1. The molecule has 6 atom stereocenters. The lowest BCUT2D eigenvalue weighted by atomic mass is 9.85. The summed E-state index contributed by atoms with van der Waals surface area (Å²) < 4.78 is 32.1. The Bertz CT molecular complexity index is 983. The first-order valence-corrected chi connectivity index (χ1v) is 13.3. The van der Waals surface area contributed by atoms with Crippen LogP contribution < -0.4 is 10.5 Å². The van der Waals surface area contributed by atoms with Crippen molar-refractivity contribution in [3.63, 3.8) is 0 Å². The number of carbonyl (C=O) groups excluding carboxylic acids is 3. The number of amides is 2. The van der Waals surface area contributed by atoms with Crippen molar-refractivity contribution in [1.82, 2.24) is 9.62 Å². The van der Waals surface area contributed by atoms with Gasteiger partial charge in [0.1, 0.15) is 0 Å². The van der Waals surface area contributed by atoms with Gasteiger partial charge < -0.3 is 15.4 Å². The van der Waals surface area contributed by atoms with Gasteiger partial charge in [-0.15, -0.1) is 6.58 Å². The van der Waals surface area contributed by atoms with Crippen molar-refractivity contribution >= 4 is 27.6 Å². The van der Waals surface area contributed by atoms with Crippen LogP contribution in [-0.4, -0.2) is 67.5 Å². The highest BCUT2D eigenvalue weighted by atomic mass is 32.2. The molecule has 1 aliphatic heterocycles. The average molecular weight is 498 g/mol. The average Bonchev–Trinajstić information content (AvgIpc) is 3.63. The van der Waals surface area contributed by atoms with Gasteiger partial charge in [-0.1, -0.05) is 33.8 Å². The van der Waals surface area contributed by atoms with Gasteiger partial charge in [-0.25, -0.2) is 8.42 Å². The topological polar surface area (TPSA) is 136 Å². The third-order valence-corrected chi connectivity index (χ3v) is 10.3. The molecule has 0 spiro atoms. The number of ether oxygens (including phenoxy) is 1. The molecule has 34 heavy (non-hydrogen) atoms. The first kappa shape index (κ1) is 26.8. The smallest absolute Gasteiger partial charge is 0.240 e. The second-order valence-electron chi connectivity index (χ2n) is 11.6. The van der Waals surface area contributed by atoms with Crippen molar-refractivity contribution in [2.45, 2.75) is 83.2 Å². The number of Topliss-reactive ketones (excluding diaryl/α,β-unsaturated/α-hetero) is 1. The Morgan fingerprint density at radius 1 is 1.29 bits per heavy atom. The number of methoxy groups -OCH3 is 1. The van der Waals surface area contributed by atoms with Gasteiger partial charge in [0.05, 0.1) is 28.3 Å². The highest BCUT2D eigenvalue weighted by Gasteiger charge is 2.63. The van der Waals surface area contributed by atoms with Crippen molar-refractivity contribution in [2.24, 2.45) is 28.4 Å². The minimum absolute atomic E-state index is 0.179. The van der Waals surface area contributed by atoms with E-state index >= 15 is 0 Å². The largest absolute Gasteiger partial charge is 0.379 e. The summed E-state index contributed by atoms with van der Waals surface area (Å²) in [6.07, 6.45) is 2.39. The maximum absolute atomic E-state index is 13.6. The van der Waals surface area contributed by atoms with E-state index in [1.807, 2.05) is 27.7 Å². The SMILES string of the molecule is C=C[C@@H]1C[C@]1(CC(=O)[C@@H]1C(C)[C@@H](OC)CN1C(=O)[C@@H](N)C(C)(C)C)C(=O)NS(=O)(=O)C1(C)CC1. The molecular formula is C24H39N3O6S. The Morgan fingerprint density at radius 3 is 2.32 bits per heavy atom. The van der Waals surface area contributed by atoms with Crippen LogP contribution >= 0.6 is 0 Å². The number of ketones is 1. The van der Waals surface area contributed by atoms with E-state index in [9.17, 15) is 22.8 Å². The number of nitrogens with zero attached hydrogens (tertiary/aromatic N) is 1. The van der Waals surface area contributed by atoms with Crippen molar-refractivity contribution in [3.8, 4) is 0 Å². The molecule has 3 N–H and O–H groups in total.